The van der Waals surface area contributed by atoms with Crippen molar-refractivity contribution in [2.45, 2.75) is 13.5 Å². The van der Waals surface area contributed by atoms with E-state index in [0.29, 0.717) is 25.5 Å². The maximum atomic E-state index is 12.5. The summed E-state index contributed by atoms with van der Waals surface area (Å²) in [6, 6.07) is 8.79. The molecule has 3 aromatic rings. The molecule has 3 heterocycles. The van der Waals surface area contributed by atoms with Crippen molar-refractivity contribution in [2.24, 2.45) is 0 Å². The first-order valence-electron chi connectivity index (χ1n) is 9.45. The topological polar surface area (TPSA) is 103 Å². The third-order valence-corrected chi connectivity index (χ3v) is 4.52. The van der Waals surface area contributed by atoms with Crippen molar-refractivity contribution in [3.63, 3.8) is 0 Å². The van der Waals surface area contributed by atoms with E-state index in [1.807, 2.05) is 6.92 Å². The van der Waals surface area contributed by atoms with E-state index in [0.717, 1.165) is 29.3 Å². The number of carbonyl (C=O) groups excluding carboxylic acids is 1. The molecule has 0 bridgehead atoms. The lowest BCUT2D eigenvalue weighted by Gasteiger charge is -2.27. The molecule has 4 rings (SSSR count). The first-order chi connectivity index (χ1) is 14.1. The monoisotopic (exact) mass is 398 g/mol. The second kappa shape index (κ2) is 8.31. The number of benzene rings is 1. The summed E-state index contributed by atoms with van der Waals surface area (Å²) in [5.41, 5.74) is 0.200. The second-order valence-electron chi connectivity index (χ2n) is 6.50. The molecule has 0 spiro atoms. The van der Waals surface area contributed by atoms with E-state index in [4.69, 9.17) is 9.47 Å². The predicted molar refractivity (Wildman–Crippen MR) is 107 cm³/mol. The van der Waals surface area contributed by atoms with Gasteiger partial charge in [-0.25, -0.2) is 13.9 Å². The van der Waals surface area contributed by atoms with Gasteiger partial charge in [-0.15, -0.1) is 5.10 Å². The molecule has 1 aliphatic heterocycles. The van der Waals surface area contributed by atoms with Gasteiger partial charge >= 0.3 is 5.69 Å². The Labute approximate surface area is 166 Å². The molecule has 2 aromatic heterocycles. The number of nitrogens with one attached hydrogen (secondary N) is 1. The highest BCUT2D eigenvalue weighted by Gasteiger charge is 2.16. The van der Waals surface area contributed by atoms with E-state index < -0.39 is 5.69 Å². The second-order valence-corrected chi connectivity index (χ2v) is 6.50. The van der Waals surface area contributed by atoms with Crippen LogP contribution in [-0.4, -0.2) is 58.0 Å². The molecule has 1 aromatic carbocycles. The highest BCUT2D eigenvalue weighted by atomic mass is 16.5. The van der Waals surface area contributed by atoms with Crippen molar-refractivity contribution < 1.29 is 14.3 Å². The Morgan fingerprint density at radius 2 is 1.97 bits per heavy atom. The molecule has 0 aliphatic carbocycles. The number of carbonyl (C=O) groups is 1. The van der Waals surface area contributed by atoms with Crippen LogP contribution in [0.25, 0.3) is 5.78 Å². The quantitative estimate of drug-likeness (QED) is 0.654. The Morgan fingerprint density at radius 3 is 2.69 bits per heavy atom. The molecule has 152 valence electrons. The van der Waals surface area contributed by atoms with Gasteiger partial charge in [0, 0.05) is 25.0 Å². The fraction of sp³-hybridized carbons (Fsp3) is 0.368. The molecule has 0 saturated carbocycles. The van der Waals surface area contributed by atoms with Gasteiger partial charge in [-0.3, -0.25) is 4.79 Å². The number of anilines is 2. The molecular weight excluding hydrogens is 376 g/mol. The fourth-order valence-electron chi connectivity index (χ4n) is 3.11. The summed E-state index contributed by atoms with van der Waals surface area (Å²) in [5, 5.41) is 6.95. The lowest BCUT2D eigenvalue weighted by atomic mass is 10.3. The van der Waals surface area contributed by atoms with Gasteiger partial charge in [-0.2, -0.15) is 4.98 Å². The highest BCUT2D eigenvalue weighted by molar-refractivity contribution is 5.90. The van der Waals surface area contributed by atoms with Crippen LogP contribution in [-0.2, 0) is 16.1 Å². The third kappa shape index (κ3) is 4.21. The largest absolute Gasteiger partial charge is 0.494 e. The smallest absolute Gasteiger partial charge is 0.352 e. The zero-order valence-corrected chi connectivity index (χ0v) is 16.1. The van der Waals surface area contributed by atoms with Crippen LogP contribution in [0.1, 0.15) is 6.92 Å². The van der Waals surface area contributed by atoms with Gasteiger partial charge in [-0.1, -0.05) is 0 Å². The summed E-state index contributed by atoms with van der Waals surface area (Å²) >= 11 is 0. The molecule has 0 radical (unpaired) electrons. The maximum absolute atomic E-state index is 12.5. The summed E-state index contributed by atoms with van der Waals surface area (Å²) in [5.74, 6) is 1.36. The number of aromatic nitrogens is 4. The first kappa shape index (κ1) is 18.9. The van der Waals surface area contributed by atoms with Crippen LogP contribution in [0, 0.1) is 0 Å². The van der Waals surface area contributed by atoms with Crippen molar-refractivity contribution in [1.82, 2.24) is 19.2 Å². The minimum Gasteiger partial charge on any atom is -0.494 e. The van der Waals surface area contributed by atoms with Gasteiger partial charge < -0.3 is 19.7 Å². The van der Waals surface area contributed by atoms with Crippen LogP contribution in [0.2, 0.25) is 0 Å². The number of hydrogen-bond acceptors (Lipinski definition) is 7. The normalized spacial score (nSPS) is 14.2. The molecular formula is C19H22N6O4. The zero-order chi connectivity index (χ0) is 20.2. The van der Waals surface area contributed by atoms with Gasteiger partial charge in [-0.05, 0) is 37.3 Å². The average molecular weight is 398 g/mol. The Morgan fingerprint density at radius 1 is 1.21 bits per heavy atom. The first-order valence-corrected chi connectivity index (χ1v) is 9.45. The van der Waals surface area contributed by atoms with Crippen molar-refractivity contribution in [3.8, 4) is 5.75 Å². The Bertz CT molecular complexity index is 1050. The minimum atomic E-state index is -0.414. The van der Waals surface area contributed by atoms with Crippen LogP contribution >= 0.6 is 0 Å². The van der Waals surface area contributed by atoms with Crippen LogP contribution in [0.5, 0.6) is 5.75 Å². The maximum Gasteiger partial charge on any atom is 0.352 e. The van der Waals surface area contributed by atoms with E-state index >= 15 is 0 Å². The number of amides is 1. The molecule has 0 atom stereocenters. The van der Waals surface area contributed by atoms with Gasteiger partial charge in [0.15, 0.2) is 0 Å². The molecule has 1 fully saturated rings. The van der Waals surface area contributed by atoms with Crippen LogP contribution in [0.4, 0.5) is 11.5 Å². The van der Waals surface area contributed by atoms with Gasteiger partial charge in [0.25, 0.3) is 5.78 Å². The number of rotatable bonds is 6. The highest BCUT2D eigenvalue weighted by Crippen LogP contribution is 2.16. The number of hydrogen-bond donors (Lipinski definition) is 1. The van der Waals surface area contributed by atoms with Crippen LogP contribution < -0.4 is 20.6 Å². The average Bonchev–Trinajstić information content (AvgIpc) is 3.05. The van der Waals surface area contributed by atoms with E-state index in [2.05, 4.69) is 20.3 Å². The van der Waals surface area contributed by atoms with Crippen molar-refractivity contribution in [2.75, 3.05) is 43.1 Å². The summed E-state index contributed by atoms with van der Waals surface area (Å²) in [6.45, 7) is 5.02. The van der Waals surface area contributed by atoms with Crippen LogP contribution in [0.3, 0.4) is 0 Å². The van der Waals surface area contributed by atoms with Gasteiger partial charge in [0.05, 0.1) is 19.8 Å². The number of ether oxygens (including phenoxy) is 2. The summed E-state index contributed by atoms with van der Waals surface area (Å²) in [4.78, 5) is 31.4. The Hall–Kier alpha value is -3.40. The summed E-state index contributed by atoms with van der Waals surface area (Å²) in [6.07, 6.45) is 1.63. The Kier molecular flexibility index (Phi) is 5.43. The van der Waals surface area contributed by atoms with E-state index in [-0.39, 0.29) is 18.2 Å². The summed E-state index contributed by atoms with van der Waals surface area (Å²) in [7, 11) is 0. The van der Waals surface area contributed by atoms with Crippen molar-refractivity contribution >= 4 is 23.2 Å². The van der Waals surface area contributed by atoms with Crippen molar-refractivity contribution in [1.29, 1.82) is 0 Å². The fourth-order valence-corrected chi connectivity index (χ4v) is 3.11. The number of morpholine rings is 1. The molecule has 0 unspecified atom stereocenters. The predicted octanol–water partition coefficient (Wildman–Crippen LogP) is 0.765. The van der Waals surface area contributed by atoms with E-state index in [1.165, 1.54) is 4.40 Å². The Balaban J connectivity index is 1.47. The molecule has 10 heteroatoms. The zero-order valence-electron chi connectivity index (χ0n) is 16.1. The van der Waals surface area contributed by atoms with E-state index in [9.17, 15) is 9.59 Å². The lowest BCUT2D eigenvalue weighted by Crippen LogP contribution is -2.36. The molecule has 1 N–H and O–H groups in total. The number of nitrogens with zero attached hydrogens (tertiary/aromatic N) is 5. The van der Waals surface area contributed by atoms with Crippen molar-refractivity contribution in [3.05, 3.63) is 47.0 Å². The molecule has 1 saturated heterocycles. The minimum absolute atomic E-state index is 0.206. The summed E-state index contributed by atoms with van der Waals surface area (Å²) < 4.78 is 13.2. The SMILES string of the molecule is CCOc1ccc(NC(=O)Cn2nc3nc(N4CCOCC4)ccn3c2=O)cc1. The molecule has 1 aliphatic rings. The standard InChI is InChI=1S/C19H22N6O4/c1-2-29-15-5-3-14(4-6-15)20-17(26)13-25-19(27)24-8-7-16(21-18(24)22-25)23-9-11-28-12-10-23/h3-8H,2,9-13H2,1H3,(H,20,26). The van der Waals surface area contributed by atoms with Gasteiger partial charge in [0.1, 0.15) is 18.1 Å². The molecule has 29 heavy (non-hydrogen) atoms. The molecule has 10 nitrogen and oxygen atoms in total. The number of fused-ring (bicyclic) bond motifs is 1. The molecule has 1 amide bonds. The van der Waals surface area contributed by atoms with Crippen LogP contribution in [0.15, 0.2) is 41.3 Å². The third-order valence-electron chi connectivity index (χ3n) is 4.52. The lowest BCUT2D eigenvalue weighted by molar-refractivity contribution is -0.117. The van der Waals surface area contributed by atoms with Gasteiger partial charge in [0.2, 0.25) is 5.91 Å². The van der Waals surface area contributed by atoms with E-state index in [1.54, 1.807) is 36.5 Å².